The summed E-state index contributed by atoms with van der Waals surface area (Å²) in [5, 5.41) is 7.56. The van der Waals surface area contributed by atoms with Crippen molar-refractivity contribution in [3.63, 3.8) is 0 Å². The van der Waals surface area contributed by atoms with Crippen LogP contribution in [-0.4, -0.2) is 43.4 Å². The number of amides is 1. The zero-order valence-corrected chi connectivity index (χ0v) is 18.0. The van der Waals surface area contributed by atoms with Crippen molar-refractivity contribution in [1.82, 2.24) is 29.6 Å². The van der Waals surface area contributed by atoms with Gasteiger partial charge in [-0.05, 0) is 31.5 Å². The number of nitrogens with one attached hydrogen (secondary N) is 1. The Bertz CT molecular complexity index is 1290. The minimum absolute atomic E-state index is 0.150. The zero-order valence-electron chi connectivity index (χ0n) is 18.0. The highest BCUT2D eigenvalue weighted by Gasteiger charge is 2.14. The highest BCUT2D eigenvalue weighted by atomic mass is 16.5. The number of ether oxygens (including phenoxy) is 1. The van der Waals surface area contributed by atoms with Gasteiger partial charge in [-0.1, -0.05) is 29.8 Å². The summed E-state index contributed by atoms with van der Waals surface area (Å²) in [4.78, 5) is 33.9. The van der Waals surface area contributed by atoms with Crippen molar-refractivity contribution in [2.24, 2.45) is 0 Å². The Morgan fingerprint density at radius 1 is 1.16 bits per heavy atom. The zero-order chi connectivity index (χ0) is 22.5. The molecule has 0 saturated heterocycles. The molecule has 4 aromatic rings. The fraction of sp³-hybridized carbons (Fsp3) is 0.261. The van der Waals surface area contributed by atoms with E-state index >= 15 is 0 Å². The van der Waals surface area contributed by atoms with Crippen molar-refractivity contribution in [3.05, 3.63) is 82.2 Å². The molecular weight excluding hydrogens is 408 g/mol. The van der Waals surface area contributed by atoms with Gasteiger partial charge in [-0.3, -0.25) is 14.2 Å². The summed E-state index contributed by atoms with van der Waals surface area (Å²) >= 11 is 0. The van der Waals surface area contributed by atoms with Crippen LogP contribution in [0.4, 0.5) is 0 Å². The van der Waals surface area contributed by atoms with E-state index in [0.717, 1.165) is 5.56 Å². The second-order valence-electron chi connectivity index (χ2n) is 7.31. The van der Waals surface area contributed by atoms with Gasteiger partial charge in [0, 0.05) is 12.7 Å². The number of fused-ring (bicyclic) bond motifs is 1. The first-order chi connectivity index (χ1) is 15.6. The second kappa shape index (κ2) is 9.42. The summed E-state index contributed by atoms with van der Waals surface area (Å²) in [6, 6.07) is 11.4. The number of benzene rings is 1. The molecule has 0 aliphatic carbocycles. The van der Waals surface area contributed by atoms with Gasteiger partial charge in [0.15, 0.2) is 5.65 Å². The van der Waals surface area contributed by atoms with E-state index in [1.807, 2.05) is 38.1 Å². The molecule has 0 fully saturated rings. The number of aromatic nitrogens is 5. The van der Waals surface area contributed by atoms with Crippen LogP contribution in [0.15, 0.2) is 59.9 Å². The second-order valence-corrected chi connectivity index (χ2v) is 7.31. The molecule has 32 heavy (non-hydrogen) atoms. The van der Waals surface area contributed by atoms with Crippen LogP contribution in [0.1, 0.15) is 28.4 Å². The van der Waals surface area contributed by atoms with Gasteiger partial charge in [0.05, 0.1) is 25.9 Å². The molecule has 0 bridgehead atoms. The van der Waals surface area contributed by atoms with Gasteiger partial charge in [0.1, 0.15) is 17.3 Å². The summed E-state index contributed by atoms with van der Waals surface area (Å²) in [6.07, 6.45) is 4.63. The van der Waals surface area contributed by atoms with E-state index in [2.05, 4.69) is 20.4 Å². The topological polar surface area (TPSA) is 104 Å². The van der Waals surface area contributed by atoms with Crippen molar-refractivity contribution in [2.75, 3.05) is 13.2 Å². The lowest BCUT2D eigenvalue weighted by Crippen LogP contribution is -2.28. The number of carbonyl (C=O) groups excluding carboxylic acids is 1. The molecule has 0 aliphatic heterocycles. The summed E-state index contributed by atoms with van der Waals surface area (Å²) in [5.41, 5.74) is 2.90. The number of nitrogens with zero attached hydrogens (tertiary/aromatic N) is 5. The number of hydrogen-bond acceptors (Lipinski definition) is 6. The van der Waals surface area contributed by atoms with E-state index < -0.39 is 0 Å². The van der Waals surface area contributed by atoms with E-state index in [1.165, 1.54) is 18.1 Å². The van der Waals surface area contributed by atoms with Gasteiger partial charge in [-0.2, -0.15) is 5.10 Å². The van der Waals surface area contributed by atoms with E-state index in [9.17, 15) is 9.59 Å². The van der Waals surface area contributed by atoms with Crippen LogP contribution in [0.5, 0.6) is 5.88 Å². The highest BCUT2D eigenvalue weighted by Crippen LogP contribution is 2.14. The van der Waals surface area contributed by atoms with Gasteiger partial charge >= 0.3 is 0 Å². The van der Waals surface area contributed by atoms with E-state index in [1.54, 1.807) is 27.6 Å². The Hall–Kier alpha value is -4.01. The standard InChI is InChI=1S/C23H24N6O3/c1-3-32-22-18(5-4-10-25-22)21(30)24-11-12-29-20-19(13-27-29)23(31)28(15-26-20)14-17-8-6-16(2)7-9-17/h4-10,13,15H,3,11-12,14H2,1-2H3,(H,24,30). The minimum Gasteiger partial charge on any atom is -0.477 e. The van der Waals surface area contributed by atoms with Crippen LogP contribution < -0.4 is 15.6 Å². The smallest absolute Gasteiger partial charge is 0.264 e. The fourth-order valence-electron chi connectivity index (χ4n) is 3.35. The minimum atomic E-state index is -0.286. The van der Waals surface area contributed by atoms with Crippen LogP contribution in [0.2, 0.25) is 0 Å². The molecule has 9 heteroatoms. The molecule has 4 rings (SSSR count). The summed E-state index contributed by atoms with van der Waals surface area (Å²) < 4.78 is 8.58. The Morgan fingerprint density at radius 2 is 1.97 bits per heavy atom. The van der Waals surface area contributed by atoms with Crippen LogP contribution in [0, 0.1) is 6.92 Å². The molecular formula is C23H24N6O3. The van der Waals surface area contributed by atoms with E-state index in [-0.39, 0.29) is 11.5 Å². The molecule has 1 N–H and O–H groups in total. The third kappa shape index (κ3) is 4.51. The molecule has 3 aromatic heterocycles. The molecule has 3 heterocycles. The predicted molar refractivity (Wildman–Crippen MR) is 120 cm³/mol. The van der Waals surface area contributed by atoms with Gasteiger partial charge in [-0.25, -0.2) is 14.6 Å². The average Bonchev–Trinajstić information content (AvgIpc) is 3.21. The summed E-state index contributed by atoms with van der Waals surface area (Å²) in [7, 11) is 0. The summed E-state index contributed by atoms with van der Waals surface area (Å²) in [5.74, 6) is 0.0132. The molecule has 0 saturated carbocycles. The lowest BCUT2D eigenvalue weighted by Gasteiger charge is -2.10. The molecule has 9 nitrogen and oxygen atoms in total. The first-order valence-corrected chi connectivity index (χ1v) is 10.4. The van der Waals surface area contributed by atoms with Gasteiger partial charge < -0.3 is 10.1 Å². The Labute approximate surface area is 184 Å². The number of rotatable bonds is 8. The molecule has 0 atom stereocenters. The molecule has 0 aliphatic rings. The van der Waals surface area contributed by atoms with Crippen molar-refractivity contribution in [2.45, 2.75) is 26.9 Å². The third-order valence-electron chi connectivity index (χ3n) is 5.00. The maximum Gasteiger partial charge on any atom is 0.264 e. The fourth-order valence-corrected chi connectivity index (χ4v) is 3.35. The highest BCUT2D eigenvalue weighted by molar-refractivity contribution is 5.96. The van der Waals surface area contributed by atoms with Crippen LogP contribution in [0.25, 0.3) is 11.0 Å². The van der Waals surface area contributed by atoms with Crippen molar-refractivity contribution >= 4 is 16.9 Å². The van der Waals surface area contributed by atoms with E-state index in [0.29, 0.717) is 48.7 Å². The molecule has 0 spiro atoms. The largest absolute Gasteiger partial charge is 0.477 e. The number of pyridine rings is 1. The van der Waals surface area contributed by atoms with Crippen molar-refractivity contribution in [1.29, 1.82) is 0 Å². The lowest BCUT2D eigenvalue weighted by molar-refractivity contribution is 0.0947. The molecule has 0 radical (unpaired) electrons. The summed E-state index contributed by atoms with van der Waals surface area (Å²) in [6.45, 7) is 5.40. The normalized spacial score (nSPS) is 10.9. The number of aryl methyl sites for hydroxylation is 1. The van der Waals surface area contributed by atoms with Gasteiger partial charge in [0.25, 0.3) is 11.5 Å². The predicted octanol–water partition coefficient (Wildman–Crippen LogP) is 2.17. The quantitative estimate of drug-likeness (QED) is 0.458. The molecule has 164 valence electrons. The Morgan fingerprint density at radius 3 is 2.75 bits per heavy atom. The van der Waals surface area contributed by atoms with Crippen LogP contribution in [-0.2, 0) is 13.1 Å². The maximum atomic E-state index is 12.9. The SMILES string of the molecule is CCOc1ncccc1C(=O)NCCn1ncc2c(=O)n(Cc3ccc(C)cc3)cnc21. The lowest BCUT2D eigenvalue weighted by atomic mass is 10.1. The Balaban J connectivity index is 1.44. The molecule has 0 unspecified atom stereocenters. The van der Waals surface area contributed by atoms with Crippen LogP contribution >= 0.6 is 0 Å². The molecule has 1 aromatic carbocycles. The van der Waals surface area contributed by atoms with Gasteiger partial charge in [-0.15, -0.1) is 0 Å². The number of carbonyl (C=O) groups is 1. The third-order valence-corrected chi connectivity index (χ3v) is 5.00. The Kier molecular flexibility index (Phi) is 6.25. The van der Waals surface area contributed by atoms with E-state index in [4.69, 9.17) is 4.74 Å². The van der Waals surface area contributed by atoms with Crippen molar-refractivity contribution in [3.8, 4) is 5.88 Å². The first kappa shape index (κ1) is 21.2. The maximum absolute atomic E-state index is 12.9. The average molecular weight is 432 g/mol. The molecule has 1 amide bonds. The van der Waals surface area contributed by atoms with Crippen molar-refractivity contribution < 1.29 is 9.53 Å². The van der Waals surface area contributed by atoms with Crippen LogP contribution in [0.3, 0.4) is 0 Å². The first-order valence-electron chi connectivity index (χ1n) is 10.4. The monoisotopic (exact) mass is 432 g/mol. The number of hydrogen-bond donors (Lipinski definition) is 1. The van der Waals surface area contributed by atoms with Gasteiger partial charge in [0.2, 0.25) is 5.88 Å².